The van der Waals surface area contributed by atoms with E-state index in [2.05, 4.69) is 15.3 Å². The molecule has 2 heterocycles. The molecule has 0 spiro atoms. The lowest BCUT2D eigenvalue weighted by molar-refractivity contribution is -0.130. The van der Waals surface area contributed by atoms with Crippen LogP contribution in [0.1, 0.15) is 49.7 Å². The van der Waals surface area contributed by atoms with Crippen molar-refractivity contribution in [2.75, 3.05) is 45.0 Å². The quantitative estimate of drug-likeness (QED) is 0.350. The molecule has 39 heavy (non-hydrogen) atoms. The zero-order chi connectivity index (χ0) is 28.3. The van der Waals surface area contributed by atoms with Crippen LogP contribution in [0, 0.1) is 6.92 Å². The number of methoxy groups -OCH3 is 2. The number of nitrogens with one attached hydrogen (secondary N) is 1. The maximum absolute atomic E-state index is 14.6. The van der Waals surface area contributed by atoms with Crippen LogP contribution in [0.5, 0.6) is 11.5 Å². The molecule has 11 heteroatoms. The van der Waals surface area contributed by atoms with Gasteiger partial charge in [0.2, 0.25) is 5.91 Å². The number of nitrogens with two attached hydrogens (primary N) is 1. The van der Waals surface area contributed by atoms with Crippen LogP contribution >= 0.6 is 0 Å². The molecule has 2 atom stereocenters. The molecule has 0 bridgehead atoms. The number of aromatic nitrogens is 2. The van der Waals surface area contributed by atoms with Gasteiger partial charge < -0.3 is 30.2 Å². The molecule has 0 unspecified atom stereocenters. The highest BCUT2D eigenvalue weighted by Gasteiger charge is 2.32. The van der Waals surface area contributed by atoms with Gasteiger partial charge in [0, 0.05) is 49.2 Å². The minimum atomic E-state index is -3.18. The number of nitrogens with zero attached hydrogens (tertiary/aromatic N) is 3. The zero-order valence-corrected chi connectivity index (χ0v) is 22.9. The van der Waals surface area contributed by atoms with Gasteiger partial charge in [0.25, 0.3) is 5.92 Å². The fourth-order valence-corrected chi connectivity index (χ4v) is 4.76. The number of alkyl halides is 2. The predicted molar refractivity (Wildman–Crippen MR) is 145 cm³/mol. The summed E-state index contributed by atoms with van der Waals surface area (Å²) in [7, 11) is 2.79. The molecule has 3 aromatic rings. The average molecular weight is 544 g/mol. The number of carbonyl (C=O) groups is 1. The molecule has 0 radical (unpaired) electrons. The third kappa shape index (κ3) is 6.30. The second-order valence-electron chi connectivity index (χ2n) is 9.75. The number of ether oxygens (including phenoxy) is 3. The van der Waals surface area contributed by atoms with E-state index in [1.807, 2.05) is 19.9 Å². The summed E-state index contributed by atoms with van der Waals surface area (Å²) >= 11 is 0. The molecular weight excluding hydrogens is 508 g/mol. The topological polar surface area (TPSA) is 112 Å². The Morgan fingerprint density at radius 1 is 1.21 bits per heavy atom. The van der Waals surface area contributed by atoms with E-state index in [1.165, 1.54) is 19.2 Å². The molecule has 3 N–H and O–H groups in total. The lowest BCUT2D eigenvalue weighted by Gasteiger charge is -2.22. The lowest BCUT2D eigenvalue weighted by Crippen LogP contribution is -2.30. The Kier molecular flexibility index (Phi) is 8.39. The molecule has 9 nitrogen and oxygen atoms in total. The number of likely N-dealkylation sites (tertiary alicyclic amines) is 1. The molecule has 1 fully saturated rings. The van der Waals surface area contributed by atoms with E-state index in [9.17, 15) is 13.6 Å². The summed E-state index contributed by atoms with van der Waals surface area (Å²) in [6, 6.07) is 7.50. The van der Waals surface area contributed by atoms with Crippen LogP contribution in [0.25, 0.3) is 10.9 Å². The summed E-state index contributed by atoms with van der Waals surface area (Å²) in [6.45, 7) is 5.86. The number of nitrogen functional groups attached to an aromatic ring is 1. The molecule has 1 amide bonds. The Balaban J connectivity index is 1.65. The van der Waals surface area contributed by atoms with Gasteiger partial charge in [-0.1, -0.05) is 6.92 Å². The maximum Gasteiger partial charge on any atom is 0.296 e. The van der Waals surface area contributed by atoms with E-state index >= 15 is 0 Å². The van der Waals surface area contributed by atoms with Crippen molar-refractivity contribution >= 4 is 28.3 Å². The van der Waals surface area contributed by atoms with Crippen LogP contribution in [-0.4, -0.2) is 60.8 Å². The maximum atomic E-state index is 14.6. The summed E-state index contributed by atoms with van der Waals surface area (Å²) in [5.74, 6) is -1.02. The standard InChI is InChI=1S/C28H35F2N5O4/c1-6-26(36)35-8-7-21(14-35)39-25-12-22-23(13-24(25)38-5)33-17(3)34-27(22)32-16(2)18-9-19(11-20(31)10-18)28(29,30)15-37-4/h9-13,16,21H,6-8,14-15,31H2,1-5H3,(H,32,33,34)/t16-,21+/m1/s1. The highest BCUT2D eigenvalue weighted by molar-refractivity contribution is 5.92. The molecular formula is C28H35F2N5O4. The van der Waals surface area contributed by atoms with Gasteiger partial charge in [-0.25, -0.2) is 9.97 Å². The minimum absolute atomic E-state index is 0.0978. The Bertz CT molecular complexity index is 1350. The Hall–Kier alpha value is -3.73. The molecule has 1 saturated heterocycles. The SMILES string of the molecule is CCC(=O)N1CC[C@H](Oc2cc3c(N[C@H](C)c4cc(N)cc(C(F)(F)COC)c4)nc(C)nc3cc2OC)C1. The van der Waals surface area contributed by atoms with Crippen molar-refractivity contribution < 1.29 is 27.8 Å². The third-order valence-electron chi connectivity index (χ3n) is 6.77. The van der Waals surface area contributed by atoms with Crippen LogP contribution in [0.15, 0.2) is 30.3 Å². The number of hydrogen-bond acceptors (Lipinski definition) is 8. The van der Waals surface area contributed by atoms with Crippen molar-refractivity contribution in [2.45, 2.75) is 51.7 Å². The van der Waals surface area contributed by atoms with Crippen molar-refractivity contribution in [1.29, 1.82) is 0 Å². The Labute approximate surface area is 226 Å². The number of benzene rings is 2. The van der Waals surface area contributed by atoms with Gasteiger partial charge in [0.15, 0.2) is 11.5 Å². The van der Waals surface area contributed by atoms with Crippen molar-refractivity contribution in [1.82, 2.24) is 14.9 Å². The first-order valence-corrected chi connectivity index (χ1v) is 12.9. The lowest BCUT2D eigenvalue weighted by atomic mass is 10.00. The number of anilines is 2. The highest BCUT2D eigenvalue weighted by atomic mass is 19.3. The second kappa shape index (κ2) is 11.6. The Morgan fingerprint density at radius 2 is 1.97 bits per heavy atom. The second-order valence-corrected chi connectivity index (χ2v) is 9.75. The van der Waals surface area contributed by atoms with Gasteiger partial charge in [-0.15, -0.1) is 0 Å². The first-order valence-electron chi connectivity index (χ1n) is 12.9. The van der Waals surface area contributed by atoms with Crippen LogP contribution in [0.2, 0.25) is 0 Å². The smallest absolute Gasteiger partial charge is 0.296 e. The van der Waals surface area contributed by atoms with Crippen molar-refractivity contribution in [3.8, 4) is 11.5 Å². The van der Waals surface area contributed by atoms with Crippen LogP contribution in [-0.2, 0) is 15.5 Å². The molecule has 1 aromatic heterocycles. The highest BCUT2D eigenvalue weighted by Crippen LogP contribution is 2.37. The van der Waals surface area contributed by atoms with Gasteiger partial charge in [-0.3, -0.25) is 4.79 Å². The summed E-state index contributed by atoms with van der Waals surface area (Å²) in [4.78, 5) is 23.0. The summed E-state index contributed by atoms with van der Waals surface area (Å²) in [6.07, 6.45) is 0.993. The molecule has 4 rings (SSSR count). The van der Waals surface area contributed by atoms with Gasteiger partial charge in [-0.2, -0.15) is 8.78 Å². The molecule has 210 valence electrons. The van der Waals surface area contributed by atoms with Crippen molar-refractivity contribution in [2.24, 2.45) is 0 Å². The number of aryl methyl sites for hydroxylation is 1. The molecule has 1 aliphatic rings. The number of fused-ring (bicyclic) bond motifs is 1. The number of carbonyl (C=O) groups excluding carboxylic acids is 1. The van der Waals surface area contributed by atoms with E-state index in [4.69, 9.17) is 19.9 Å². The van der Waals surface area contributed by atoms with E-state index in [1.54, 1.807) is 31.1 Å². The number of rotatable bonds is 10. The van der Waals surface area contributed by atoms with E-state index < -0.39 is 18.6 Å². The van der Waals surface area contributed by atoms with Gasteiger partial charge in [-0.05, 0) is 43.7 Å². The third-order valence-corrected chi connectivity index (χ3v) is 6.77. The largest absolute Gasteiger partial charge is 0.493 e. The zero-order valence-electron chi connectivity index (χ0n) is 22.9. The van der Waals surface area contributed by atoms with E-state index in [-0.39, 0.29) is 23.3 Å². The molecule has 0 saturated carbocycles. The predicted octanol–water partition coefficient (Wildman–Crippen LogP) is 4.83. The van der Waals surface area contributed by atoms with Crippen molar-refractivity contribution in [3.05, 3.63) is 47.3 Å². The van der Waals surface area contributed by atoms with E-state index in [0.717, 1.165) is 0 Å². The normalized spacial score (nSPS) is 16.4. The first-order chi connectivity index (χ1) is 18.5. The van der Waals surface area contributed by atoms with Gasteiger partial charge in [0.05, 0.1) is 25.2 Å². The van der Waals surface area contributed by atoms with Crippen molar-refractivity contribution in [3.63, 3.8) is 0 Å². The number of amides is 1. The summed E-state index contributed by atoms with van der Waals surface area (Å²) in [5, 5.41) is 4.01. The molecule has 2 aromatic carbocycles. The summed E-state index contributed by atoms with van der Waals surface area (Å²) < 4.78 is 45.7. The molecule has 1 aliphatic heterocycles. The molecule has 0 aliphatic carbocycles. The Morgan fingerprint density at radius 3 is 2.67 bits per heavy atom. The van der Waals surface area contributed by atoms with E-state index in [0.29, 0.717) is 65.5 Å². The minimum Gasteiger partial charge on any atom is -0.493 e. The van der Waals surface area contributed by atoms with Gasteiger partial charge in [0.1, 0.15) is 24.4 Å². The fraction of sp³-hybridized carbons (Fsp3) is 0.464. The van der Waals surface area contributed by atoms with Crippen LogP contribution in [0.4, 0.5) is 20.3 Å². The fourth-order valence-electron chi connectivity index (χ4n) is 4.76. The van der Waals surface area contributed by atoms with Gasteiger partial charge >= 0.3 is 0 Å². The number of halogens is 2. The van der Waals surface area contributed by atoms with Crippen LogP contribution in [0.3, 0.4) is 0 Å². The summed E-state index contributed by atoms with van der Waals surface area (Å²) in [5.41, 5.74) is 7.20. The average Bonchev–Trinajstić information content (AvgIpc) is 3.36. The monoisotopic (exact) mass is 543 g/mol. The number of hydrogen-bond donors (Lipinski definition) is 2. The first kappa shape index (κ1) is 28.3. The van der Waals surface area contributed by atoms with Crippen LogP contribution < -0.4 is 20.5 Å².